The zero-order valence-electron chi connectivity index (χ0n) is 14.3. The molecular formula is C21H17BrO4S. The van der Waals surface area contributed by atoms with Gasteiger partial charge in [0.15, 0.2) is 4.90 Å². The van der Waals surface area contributed by atoms with Crippen LogP contribution in [0.25, 0.3) is 0 Å². The number of rotatable bonds is 7. The minimum atomic E-state index is -1.20. The molecule has 1 N–H and O–H groups in total. The molecule has 0 aromatic heterocycles. The van der Waals surface area contributed by atoms with Gasteiger partial charge in [-0.15, -0.1) is 0 Å². The summed E-state index contributed by atoms with van der Waals surface area (Å²) in [6, 6.07) is 21.8. The fraction of sp³-hybridized carbons (Fsp3) is 0.0952. The number of aliphatic carboxylic acids is 1. The highest BCUT2D eigenvalue weighted by molar-refractivity contribution is 9.10. The maximum atomic E-state index is 12.7. The van der Waals surface area contributed by atoms with Gasteiger partial charge in [0.2, 0.25) is 0 Å². The van der Waals surface area contributed by atoms with Gasteiger partial charge in [-0.25, -0.2) is 0 Å². The van der Waals surface area contributed by atoms with Crippen LogP contribution in [0.2, 0.25) is 0 Å². The van der Waals surface area contributed by atoms with Crippen LogP contribution in [0.1, 0.15) is 11.1 Å². The number of carboxylic acid groups (broad SMARTS) is 1. The van der Waals surface area contributed by atoms with Crippen molar-refractivity contribution in [2.45, 2.75) is 17.1 Å². The van der Waals surface area contributed by atoms with Gasteiger partial charge in [0.05, 0.1) is 6.42 Å². The van der Waals surface area contributed by atoms with E-state index in [1.54, 1.807) is 24.3 Å². The molecule has 6 heteroatoms. The number of carbonyl (C=O) groups is 1. The lowest BCUT2D eigenvalue weighted by atomic mass is 10.1. The molecule has 1 atom stereocenters. The molecule has 0 saturated carbocycles. The summed E-state index contributed by atoms with van der Waals surface area (Å²) in [5.74, 6) is 0.556. The Kier molecular flexibility index (Phi) is 6.55. The van der Waals surface area contributed by atoms with E-state index in [1.807, 2.05) is 48.5 Å². The first kappa shape index (κ1) is 19.5. The van der Waals surface area contributed by atoms with Crippen LogP contribution in [0.5, 0.6) is 11.5 Å². The SMILES string of the molecule is O=C(O)Cc1cccc(Oc2ccc(Br)cc2C[S+]([O-])c2ccccc2)c1. The summed E-state index contributed by atoms with van der Waals surface area (Å²) in [7, 11) is 0. The number of ether oxygens (including phenoxy) is 1. The highest BCUT2D eigenvalue weighted by Crippen LogP contribution is 2.31. The molecule has 0 amide bonds. The predicted octanol–water partition coefficient (Wildman–Crippen LogP) is 5.18. The average molecular weight is 445 g/mol. The van der Waals surface area contributed by atoms with Crippen LogP contribution in [0, 0.1) is 0 Å². The van der Waals surface area contributed by atoms with E-state index in [1.165, 1.54) is 0 Å². The number of carboxylic acids is 1. The molecule has 0 fully saturated rings. The molecule has 0 heterocycles. The van der Waals surface area contributed by atoms with Crippen LogP contribution in [0.4, 0.5) is 0 Å². The normalized spacial score (nSPS) is 11.8. The van der Waals surface area contributed by atoms with Gasteiger partial charge in [-0.2, -0.15) is 0 Å². The summed E-state index contributed by atoms with van der Waals surface area (Å²) >= 11 is 2.25. The second-order valence-electron chi connectivity index (χ2n) is 5.87. The Balaban J connectivity index is 1.83. The van der Waals surface area contributed by atoms with E-state index in [4.69, 9.17) is 9.84 Å². The molecule has 0 saturated heterocycles. The number of hydrogen-bond donors (Lipinski definition) is 1. The topological polar surface area (TPSA) is 69.6 Å². The zero-order valence-corrected chi connectivity index (χ0v) is 16.7. The van der Waals surface area contributed by atoms with Crippen molar-refractivity contribution in [2.24, 2.45) is 0 Å². The number of hydrogen-bond acceptors (Lipinski definition) is 3. The summed E-state index contributed by atoms with van der Waals surface area (Å²) in [6.45, 7) is 0. The van der Waals surface area contributed by atoms with Gasteiger partial charge in [-0.05, 0) is 59.2 Å². The Morgan fingerprint density at radius 2 is 1.81 bits per heavy atom. The third-order valence-corrected chi connectivity index (χ3v) is 5.66. The van der Waals surface area contributed by atoms with Crippen LogP contribution in [0.15, 0.2) is 82.2 Å². The molecule has 0 aliphatic rings. The summed E-state index contributed by atoms with van der Waals surface area (Å²) in [5, 5.41) is 8.95. The standard InChI is InChI=1S/C21H17BrO4S/c22-17-9-10-20(26-18-6-4-5-15(11-18)12-21(23)24)16(13-17)14-27(25)19-7-2-1-3-8-19/h1-11,13H,12,14H2,(H,23,24). The summed E-state index contributed by atoms with van der Waals surface area (Å²) < 4.78 is 19.5. The highest BCUT2D eigenvalue weighted by atomic mass is 79.9. The first-order valence-corrected chi connectivity index (χ1v) is 10.3. The minimum absolute atomic E-state index is 0.0670. The third kappa shape index (κ3) is 5.60. The summed E-state index contributed by atoms with van der Waals surface area (Å²) in [5.41, 5.74) is 1.46. The van der Waals surface area contributed by atoms with Crippen LogP contribution in [-0.2, 0) is 28.1 Å². The molecule has 4 nitrogen and oxygen atoms in total. The van der Waals surface area contributed by atoms with Crippen molar-refractivity contribution in [2.75, 3.05) is 0 Å². The second kappa shape index (κ2) is 9.08. The smallest absolute Gasteiger partial charge is 0.307 e. The second-order valence-corrected chi connectivity index (χ2v) is 8.24. The van der Waals surface area contributed by atoms with Gasteiger partial charge in [0.1, 0.15) is 17.3 Å². The summed E-state index contributed by atoms with van der Waals surface area (Å²) in [6.07, 6.45) is -0.0670. The van der Waals surface area contributed by atoms with Crippen molar-refractivity contribution in [1.29, 1.82) is 0 Å². The Labute approximate surface area is 169 Å². The summed E-state index contributed by atoms with van der Waals surface area (Å²) in [4.78, 5) is 11.7. The van der Waals surface area contributed by atoms with Gasteiger partial charge in [0, 0.05) is 10.0 Å². The van der Waals surface area contributed by atoms with E-state index >= 15 is 0 Å². The Morgan fingerprint density at radius 1 is 1.04 bits per heavy atom. The highest BCUT2D eigenvalue weighted by Gasteiger charge is 2.16. The fourth-order valence-electron chi connectivity index (χ4n) is 2.58. The first-order chi connectivity index (χ1) is 13.0. The Hall–Kier alpha value is -2.28. The number of benzene rings is 3. The quantitative estimate of drug-likeness (QED) is 0.509. The van der Waals surface area contributed by atoms with Crippen LogP contribution in [-0.4, -0.2) is 15.6 Å². The van der Waals surface area contributed by atoms with Crippen molar-refractivity contribution in [1.82, 2.24) is 0 Å². The van der Waals surface area contributed by atoms with Crippen LogP contribution < -0.4 is 4.74 Å². The van der Waals surface area contributed by atoms with E-state index in [9.17, 15) is 9.35 Å². The lowest BCUT2D eigenvalue weighted by Gasteiger charge is -2.15. The monoisotopic (exact) mass is 444 g/mol. The molecule has 0 aliphatic carbocycles. The molecule has 0 aliphatic heterocycles. The molecule has 0 spiro atoms. The maximum absolute atomic E-state index is 12.7. The molecular weight excluding hydrogens is 428 g/mol. The molecule has 3 aromatic carbocycles. The fourth-order valence-corrected chi connectivity index (χ4v) is 4.12. The maximum Gasteiger partial charge on any atom is 0.307 e. The predicted molar refractivity (Wildman–Crippen MR) is 109 cm³/mol. The van der Waals surface area contributed by atoms with Crippen LogP contribution >= 0.6 is 15.9 Å². The van der Waals surface area contributed by atoms with Crippen molar-refractivity contribution < 1.29 is 19.2 Å². The molecule has 3 aromatic rings. The van der Waals surface area contributed by atoms with E-state index in [2.05, 4.69) is 15.9 Å². The van der Waals surface area contributed by atoms with E-state index in [-0.39, 0.29) is 6.42 Å². The van der Waals surface area contributed by atoms with Gasteiger partial charge >= 0.3 is 5.97 Å². The van der Waals surface area contributed by atoms with Crippen molar-refractivity contribution in [3.05, 3.63) is 88.4 Å². The van der Waals surface area contributed by atoms with Crippen molar-refractivity contribution in [3.63, 3.8) is 0 Å². The van der Waals surface area contributed by atoms with Gasteiger partial charge in [0.25, 0.3) is 0 Å². The third-order valence-electron chi connectivity index (χ3n) is 3.80. The molecule has 138 valence electrons. The molecule has 0 radical (unpaired) electrons. The van der Waals surface area contributed by atoms with E-state index < -0.39 is 17.1 Å². The molecule has 27 heavy (non-hydrogen) atoms. The Morgan fingerprint density at radius 3 is 2.56 bits per heavy atom. The largest absolute Gasteiger partial charge is 0.611 e. The molecule has 3 rings (SSSR count). The number of halogens is 1. The zero-order chi connectivity index (χ0) is 19.2. The lowest BCUT2D eigenvalue weighted by Crippen LogP contribution is -2.06. The van der Waals surface area contributed by atoms with E-state index in [0.717, 1.165) is 14.9 Å². The van der Waals surface area contributed by atoms with Gasteiger partial charge in [-0.1, -0.05) is 46.3 Å². The van der Waals surface area contributed by atoms with Gasteiger partial charge in [-0.3, -0.25) is 4.79 Å². The minimum Gasteiger partial charge on any atom is -0.611 e. The van der Waals surface area contributed by atoms with Gasteiger partial charge < -0.3 is 14.4 Å². The van der Waals surface area contributed by atoms with Crippen LogP contribution in [0.3, 0.4) is 0 Å². The van der Waals surface area contributed by atoms with Crippen molar-refractivity contribution in [3.8, 4) is 11.5 Å². The Bertz CT molecular complexity index is 930. The first-order valence-electron chi connectivity index (χ1n) is 8.22. The average Bonchev–Trinajstić information content (AvgIpc) is 2.64. The van der Waals surface area contributed by atoms with Crippen molar-refractivity contribution >= 4 is 33.1 Å². The molecule has 0 bridgehead atoms. The lowest BCUT2D eigenvalue weighted by molar-refractivity contribution is -0.136. The molecule has 1 unspecified atom stereocenters. The van der Waals surface area contributed by atoms with E-state index in [0.29, 0.717) is 22.8 Å².